The second kappa shape index (κ2) is 235. The van der Waals surface area contributed by atoms with Crippen molar-refractivity contribution in [2.45, 2.75) is 229 Å². The topological polar surface area (TPSA) is 0 Å². The lowest BCUT2D eigenvalue weighted by Crippen LogP contribution is -1.85. The lowest BCUT2D eigenvalue weighted by Gasteiger charge is -2.05. The molecule has 0 aromatic rings. The molecule has 0 spiro atoms. The Bertz CT molecular complexity index is 61.7. The molecule has 3 aliphatic rings. The first-order valence-electron chi connectivity index (χ1n) is 17.0. The molecule has 0 radical (unpaired) electrons. The van der Waals surface area contributed by atoms with Gasteiger partial charge in [0.1, 0.15) is 0 Å². The van der Waals surface area contributed by atoms with Crippen LogP contribution in [0.25, 0.3) is 0 Å². The highest BCUT2D eigenvalue weighted by Gasteiger charge is 1.96. The lowest BCUT2D eigenvalue weighted by molar-refractivity contribution is 0.504. The fourth-order valence-corrected chi connectivity index (χ4v) is 1.13. The van der Waals surface area contributed by atoms with Crippen LogP contribution in [0.1, 0.15) is 229 Å². The summed E-state index contributed by atoms with van der Waals surface area (Å²) in [6, 6.07) is 0. The van der Waals surface area contributed by atoms with Crippen LogP contribution >= 0.6 is 0 Å². The first-order chi connectivity index (χ1) is 17.0. The molecule has 226 valence electrons. The van der Waals surface area contributed by atoms with Crippen LogP contribution in [0.3, 0.4) is 0 Å². The SMILES string of the molecule is C1CC1.C1CCC1.C1CCCC1.CC.CC.CC.CC.CC.CC.CC.CC.CC.CC.CC. The molecule has 0 heterocycles. The third-order valence-corrected chi connectivity index (χ3v) is 2.60. The number of hydrogen-bond acceptors (Lipinski definition) is 0. The van der Waals surface area contributed by atoms with E-state index in [1.807, 2.05) is 152 Å². The molecule has 0 bridgehead atoms. The van der Waals surface area contributed by atoms with Crippen LogP contribution < -0.4 is 0 Å². The fourth-order valence-electron chi connectivity index (χ4n) is 1.13. The highest BCUT2D eigenvalue weighted by Crippen LogP contribution is 2.15. The van der Waals surface area contributed by atoms with E-state index in [1.165, 1.54) is 77.0 Å². The summed E-state index contributed by atoms with van der Waals surface area (Å²) in [5, 5.41) is 0. The van der Waals surface area contributed by atoms with Gasteiger partial charge in [-0.05, 0) is 0 Å². The summed E-state index contributed by atoms with van der Waals surface area (Å²) in [6.07, 6.45) is 18.0. The van der Waals surface area contributed by atoms with E-state index in [4.69, 9.17) is 0 Å². The van der Waals surface area contributed by atoms with E-state index < -0.39 is 0 Å². The van der Waals surface area contributed by atoms with Crippen molar-refractivity contribution < 1.29 is 0 Å². The Hall–Kier alpha value is 0. The molecule has 0 aliphatic heterocycles. The summed E-state index contributed by atoms with van der Waals surface area (Å²) in [7, 11) is 0. The first kappa shape index (κ1) is 70.0. The van der Waals surface area contributed by atoms with Gasteiger partial charge in [-0.25, -0.2) is 0 Å². The van der Waals surface area contributed by atoms with Crippen molar-refractivity contribution in [3.05, 3.63) is 0 Å². The molecule has 0 nitrogen and oxygen atoms in total. The van der Waals surface area contributed by atoms with E-state index in [-0.39, 0.29) is 0 Å². The van der Waals surface area contributed by atoms with Crippen molar-refractivity contribution in [3.63, 3.8) is 0 Å². The molecular formula is C34H90. The van der Waals surface area contributed by atoms with Gasteiger partial charge in [-0.3, -0.25) is 0 Å². The minimum atomic E-state index is 1.50. The second-order valence-electron chi connectivity index (χ2n) is 4.24. The highest BCUT2D eigenvalue weighted by atomic mass is 14.0. The van der Waals surface area contributed by atoms with E-state index in [2.05, 4.69) is 0 Å². The van der Waals surface area contributed by atoms with E-state index in [0.717, 1.165) is 0 Å². The summed E-state index contributed by atoms with van der Waals surface area (Å²) in [4.78, 5) is 0. The van der Waals surface area contributed by atoms with E-state index >= 15 is 0 Å². The average molecular weight is 499 g/mol. The predicted molar refractivity (Wildman–Crippen MR) is 180 cm³/mol. The highest BCUT2D eigenvalue weighted by molar-refractivity contribution is 4.51. The summed E-state index contributed by atoms with van der Waals surface area (Å²) in [5.41, 5.74) is 0. The Morgan fingerprint density at radius 2 is 0.147 bits per heavy atom. The summed E-state index contributed by atoms with van der Waals surface area (Å²) in [5.74, 6) is 0. The maximum absolute atomic E-state index is 2.00. The van der Waals surface area contributed by atoms with Gasteiger partial charge >= 0.3 is 0 Å². The lowest BCUT2D eigenvalue weighted by atomic mass is 10.0. The molecule has 3 saturated carbocycles. The predicted octanol–water partition coefficient (Wildman–Crippen LogP) is 16.0. The van der Waals surface area contributed by atoms with Crippen LogP contribution in [-0.2, 0) is 0 Å². The van der Waals surface area contributed by atoms with Crippen molar-refractivity contribution in [3.8, 4) is 0 Å². The molecule has 34 heavy (non-hydrogen) atoms. The van der Waals surface area contributed by atoms with Crippen molar-refractivity contribution in [2.24, 2.45) is 0 Å². The van der Waals surface area contributed by atoms with E-state index in [0.29, 0.717) is 0 Å². The van der Waals surface area contributed by atoms with Crippen LogP contribution in [0.4, 0.5) is 0 Å². The van der Waals surface area contributed by atoms with Crippen molar-refractivity contribution in [1.29, 1.82) is 0 Å². The van der Waals surface area contributed by atoms with Gasteiger partial charge in [-0.2, -0.15) is 0 Å². The molecule has 0 N–H and O–H groups in total. The molecule has 3 rings (SSSR count). The maximum Gasteiger partial charge on any atom is -0.0533 e. The van der Waals surface area contributed by atoms with E-state index in [9.17, 15) is 0 Å². The van der Waals surface area contributed by atoms with Gasteiger partial charge in [0.05, 0.1) is 0 Å². The Kier molecular flexibility index (Phi) is 483. The Morgan fingerprint density at radius 3 is 0.176 bits per heavy atom. The van der Waals surface area contributed by atoms with Gasteiger partial charge in [0, 0.05) is 0 Å². The minimum Gasteiger partial charge on any atom is -0.0683 e. The largest absolute Gasteiger partial charge is 0.0683 e. The molecule has 0 aromatic carbocycles. The molecule has 0 atom stereocenters. The smallest absolute Gasteiger partial charge is 0.0533 e. The zero-order valence-corrected chi connectivity index (χ0v) is 30.5. The van der Waals surface area contributed by atoms with Gasteiger partial charge in [0.25, 0.3) is 0 Å². The monoisotopic (exact) mass is 499 g/mol. The molecule has 0 saturated heterocycles. The van der Waals surface area contributed by atoms with Gasteiger partial charge in [0.2, 0.25) is 0 Å². The third kappa shape index (κ3) is 308. The summed E-state index contributed by atoms with van der Waals surface area (Å²) < 4.78 is 0. The van der Waals surface area contributed by atoms with Crippen molar-refractivity contribution >= 4 is 0 Å². The standard InChI is InChI=1S/C5H10.C4H8.C3H6.11C2H6/c1-2-4-5-3-1;1-2-4-3-1;1-2-3-1;11*1-2/h1-5H2;1-4H2;1-3H2;11*1-2H3. The van der Waals surface area contributed by atoms with Gasteiger partial charge < -0.3 is 0 Å². The van der Waals surface area contributed by atoms with Crippen molar-refractivity contribution in [2.75, 3.05) is 0 Å². The average Bonchev–Trinajstić information content (AvgIpc) is 3.75. The number of rotatable bonds is 0. The summed E-state index contributed by atoms with van der Waals surface area (Å²) >= 11 is 0. The molecule has 3 aliphatic carbocycles. The summed E-state index contributed by atoms with van der Waals surface area (Å²) in [6.45, 7) is 44.0. The molecule has 0 heteroatoms. The van der Waals surface area contributed by atoms with E-state index in [1.54, 1.807) is 0 Å². The third-order valence-electron chi connectivity index (χ3n) is 2.60. The quantitative estimate of drug-likeness (QED) is 0.311. The van der Waals surface area contributed by atoms with Crippen LogP contribution in [0.2, 0.25) is 0 Å². The Balaban J connectivity index is -0.0000000191. The van der Waals surface area contributed by atoms with Crippen LogP contribution in [-0.4, -0.2) is 0 Å². The van der Waals surface area contributed by atoms with Gasteiger partial charge in [-0.1, -0.05) is 229 Å². The van der Waals surface area contributed by atoms with Crippen molar-refractivity contribution in [1.82, 2.24) is 0 Å². The maximum atomic E-state index is 2.00. The normalized spacial score (nSPS) is 10.4. The Morgan fingerprint density at radius 1 is 0.118 bits per heavy atom. The van der Waals surface area contributed by atoms with Crippen LogP contribution in [0.15, 0.2) is 0 Å². The molecule has 0 aromatic heterocycles. The van der Waals surface area contributed by atoms with Crippen LogP contribution in [0, 0.1) is 0 Å². The number of hydrogen-bond donors (Lipinski definition) is 0. The molecule has 3 fully saturated rings. The minimum absolute atomic E-state index is 1.50. The molecule has 0 amide bonds. The zero-order chi connectivity index (χ0) is 30.5. The fraction of sp³-hybridized carbons (Fsp3) is 1.00. The molecule has 0 unspecified atom stereocenters. The second-order valence-corrected chi connectivity index (χ2v) is 4.24. The Labute approximate surface area is 229 Å². The molecular weight excluding hydrogens is 408 g/mol. The van der Waals surface area contributed by atoms with Crippen LogP contribution in [0.5, 0.6) is 0 Å². The van der Waals surface area contributed by atoms with Gasteiger partial charge in [0.15, 0.2) is 0 Å². The first-order valence-corrected chi connectivity index (χ1v) is 17.0. The zero-order valence-electron chi connectivity index (χ0n) is 30.5. The van der Waals surface area contributed by atoms with Gasteiger partial charge in [-0.15, -0.1) is 0 Å².